The number of H-pyrrole nitrogens is 1. The Kier molecular flexibility index (Phi) is 3.42. The number of para-hydroxylation sites is 1. The third-order valence-corrected chi connectivity index (χ3v) is 2.99. The number of aliphatic imine (C=N–C) groups is 1. The Morgan fingerprint density at radius 1 is 1.14 bits per heavy atom. The van der Waals surface area contributed by atoms with Crippen molar-refractivity contribution in [3.63, 3.8) is 0 Å². The number of nitrogens with one attached hydrogen (secondary N) is 1. The number of nitrogens with zero attached hydrogens (tertiary/aromatic N) is 4. The summed E-state index contributed by atoms with van der Waals surface area (Å²) in [5, 5.41) is 3.04. The van der Waals surface area contributed by atoms with Crippen molar-refractivity contribution in [3.8, 4) is 5.69 Å². The third kappa shape index (κ3) is 2.64. The molecule has 2 heterocycles. The molecule has 0 atom stereocenters. The normalized spacial score (nSPS) is 11.1. The van der Waals surface area contributed by atoms with Gasteiger partial charge in [0, 0.05) is 24.3 Å². The number of aryl methyl sites for hydroxylation is 1. The zero-order chi connectivity index (χ0) is 14.7. The lowest BCUT2D eigenvalue weighted by Gasteiger charge is -1.99. The maximum atomic E-state index is 12.4. The van der Waals surface area contributed by atoms with Gasteiger partial charge in [-0.05, 0) is 25.1 Å². The Balaban J connectivity index is 2.00. The second-order valence-electron chi connectivity index (χ2n) is 4.43. The number of hydrogen-bond donors (Lipinski definition) is 1. The van der Waals surface area contributed by atoms with Gasteiger partial charge in [-0.25, -0.2) is 19.6 Å². The highest BCUT2D eigenvalue weighted by Gasteiger charge is 2.10. The molecular formula is C15H13N5O. The summed E-state index contributed by atoms with van der Waals surface area (Å²) >= 11 is 0. The van der Waals surface area contributed by atoms with E-state index in [4.69, 9.17) is 0 Å². The van der Waals surface area contributed by atoms with Crippen LogP contribution in [-0.2, 0) is 0 Å². The predicted octanol–water partition coefficient (Wildman–Crippen LogP) is 2.01. The van der Waals surface area contributed by atoms with Gasteiger partial charge in [0.25, 0.3) is 5.56 Å². The minimum atomic E-state index is -0.154. The van der Waals surface area contributed by atoms with Gasteiger partial charge in [-0.15, -0.1) is 0 Å². The van der Waals surface area contributed by atoms with Crippen molar-refractivity contribution < 1.29 is 0 Å². The molecule has 2 aromatic heterocycles. The molecule has 0 unspecified atom stereocenters. The summed E-state index contributed by atoms with van der Waals surface area (Å²) in [6.45, 7) is 1.83. The molecule has 0 amide bonds. The number of hydrogen-bond acceptors (Lipinski definition) is 4. The van der Waals surface area contributed by atoms with Crippen molar-refractivity contribution >= 4 is 12.2 Å². The highest BCUT2D eigenvalue weighted by molar-refractivity contribution is 5.82. The topological polar surface area (TPSA) is 75.9 Å². The number of aromatic nitrogens is 4. The van der Waals surface area contributed by atoms with Gasteiger partial charge in [-0.3, -0.25) is 9.89 Å². The molecule has 1 aromatic carbocycles. The average molecular weight is 279 g/mol. The van der Waals surface area contributed by atoms with E-state index in [1.807, 2.05) is 37.3 Å². The smallest absolute Gasteiger partial charge is 0.280 e. The first-order chi connectivity index (χ1) is 10.3. The average Bonchev–Trinajstić information content (AvgIpc) is 2.82. The van der Waals surface area contributed by atoms with Crippen molar-refractivity contribution in [2.75, 3.05) is 0 Å². The van der Waals surface area contributed by atoms with Crippen LogP contribution in [0, 0.1) is 6.92 Å². The molecule has 0 spiro atoms. The summed E-state index contributed by atoms with van der Waals surface area (Å²) < 4.78 is 1.49. The molecule has 6 heteroatoms. The maximum absolute atomic E-state index is 12.4. The van der Waals surface area contributed by atoms with Gasteiger partial charge in [0.05, 0.1) is 11.3 Å². The summed E-state index contributed by atoms with van der Waals surface area (Å²) in [6.07, 6.45) is 4.70. The molecule has 21 heavy (non-hydrogen) atoms. The fourth-order valence-electron chi connectivity index (χ4n) is 1.95. The van der Waals surface area contributed by atoms with Crippen LogP contribution >= 0.6 is 0 Å². The molecule has 3 aromatic rings. The molecule has 0 aliphatic carbocycles. The molecule has 0 fully saturated rings. The van der Waals surface area contributed by atoms with E-state index >= 15 is 0 Å². The van der Waals surface area contributed by atoms with E-state index in [1.165, 1.54) is 10.9 Å². The summed E-state index contributed by atoms with van der Waals surface area (Å²) in [7, 11) is 0. The molecule has 6 nitrogen and oxygen atoms in total. The second kappa shape index (κ2) is 5.54. The summed E-state index contributed by atoms with van der Waals surface area (Å²) in [4.78, 5) is 24.5. The molecule has 0 bridgehead atoms. The predicted molar refractivity (Wildman–Crippen MR) is 80.4 cm³/mol. The molecule has 0 saturated carbocycles. The van der Waals surface area contributed by atoms with Gasteiger partial charge in [0.1, 0.15) is 0 Å². The molecule has 104 valence electrons. The van der Waals surface area contributed by atoms with Crippen molar-refractivity contribution in [2.24, 2.45) is 4.99 Å². The van der Waals surface area contributed by atoms with E-state index in [9.17, 15) is 4.79 Å². The van der Waals surface area contributed by atoms with Gasteiger partial charge < -0.3 is 0 Å². The van der Waals surface area contributed by atoms with Crippen LogP contribution in [0.2, 0.25) is 0 Å². The Hall–Kier alpha value is -3.02. The van der Waals surface area contributed by atoms with E-state index in [2.05, 4.69) is 20.1 Å². The molecule has 0 aliphatic rings. The van der Waals surface area contributed by atoms with Gasteiger partial charge in [0.15, 0.2) is 0 Å². The van der Waals surface area contributed by atoms with Crippen molar-refractivity contribution in [1.29, 1.82) is 0 Å². The minimum absolute atomic E-state index is 0.154. The number of aromatic amines is 1. The Morgan fingerprint density at radius 3 is 2.57 bits per heavy atom. The van der Waals surface area contributed by atoms with Gasteiger partial charge >= 0.3 is 0 Å². The monoisotopic (exact) mass is 279 g/mol. The van der Waals surface area contributed by atoms with E-state index in [0.717, 1.165) is 11.4 Å². The SMILES string of the molecule is Cc1[nH]n(-c2ccccc2)c(=O)c1/C=N/c1ncccn1. The summed E-state index contributed by atoms with van der Waals surface area (Å²) in [5.74, 6) is 0.323. The molecule has 0 saturated heterocycles. The summed E-state index contributed by atoms with van der Waals surface area (Å²) in [5.41, 5.74) is 1.86. The quantitative estimate of drug-likeness (QED) is 0.745. The van der Waals surface area contributed by atoms with Crippen LogP contribution in [0.5, 0.6) is 0 Å². The molecule has 1 N–H and O–H groups in total. The van der Waals surface area contributed by atoms with Gasteiger partial charge in [-0.2, -0.15) is 0 Å². The second-order valence-corrected chi connectivity index (χ2v) is 4.43. The maximum Gasteiger partial charge on any atom is 0.280 e. The first kappa shape index (κ1) is 13.0. The Morgan fingerprint density at radius 2 is 1.86 bits per heavy atom. The zero-order valence-electron chi connectivity index (χ0n) is 11.4. The fourth-order valence-corrected chi connectivity index (χ4v) is 1.95. The molecule has 3 rings (SSSR count). The standard InChI is InChI=1S/C15H13N5O/c1-11-13(10-18-15-16-8-5-9-17-15)14(21)20(19-11)12-6-3-2-4-7-12/h2-10,19H,1H3/b18-10+. The van der Waals surface area contributed by atoms with Crippen LogP contribution < -0.4 is 5.56 Å². The van der Waals surface area contributed by atoms with Crippen LogP contribution in [0.4, 0.5) is 5.95 Å². The molecular weight excluding hydrogens is 266 g/mol. The van der Waals surface area contributed by atoms with E-state index in [1.54, 1.807) is 18.5 Å². The first-order valence-electron chi connectivity index (χ1n) is 6.44. The fraction of sp³-hybridized carbons (Fsp3) is 0.0667. The lowest BCUT2D eigenvalue weighted by Crippen LogP contribution is -2.17. The Labute approximate surface area is 120 Å². The van der Waals surface area contributed by atoms with Gasteiger partial charge in [-0.1, -0.05) is 18.2 Å². The van der Waals surface area contributed by atoms with Gasteiger partial charge in [0.2, 0.25) is 5.95 Å². The lowest BCUT2D eigenvalue weighted by atomic mass is 10.3. The number of rotatable bonds is 3. The Bertz CT molecular complexity index is 818. The lowest BCUT2D eigenvalue weighted by molar-refractivity contribution is 0.835. The minimum Gasteiger partial charge on any atom is -0.295 e. The van der Waals surface area contributed by atoms with Crippen molar-refractivity contribution in [1.82, 2.24) is 19.7 Å². The highest BCUT2D eigenvalue weighted by Crippen LogP contribution is 2.06. The number of benzene rings is 1. The molecule has 0 aliphatic heterocycles. The zero-order valence-corrected chi connectivity index (χ0v) is 11.4. The van der Waals surface area contributed by atoms with Crippen molar-refractivity contribution in [2.45, 2.75) is 6.92 Å². The van der Waals surface area contributed by atoms with Crippen LogP contribution in [-0.4, -0.2) is 26.0 Å². The van der Waals surface area contributed by atoms with Crippen LogP contribution in [0.15, 0.2) is 58.6 Å². The van der Waals surface area contributed by atoms with E-state index in [-0.39, 0.29) is 5.56 Å². The van der Waals surface area contributed by atoms with Crippen LogP contribution in [0.1, 0.15) is 11.3 Å². The molecule has 0 radical (unpaired) electrons. The summed E-state index contributed by atoms with van der Waals surface area (Å²) in [6, 6.07) is 11.1. The van der Waals surface area contributed by atoms with E-state index in [0.29, 0.717) is 11.5 Å². The largest absolute Gasteiger partial charge is 0.295 e. The van der Waals surface area contributed by atoms with E-state index < -0.39 is 0 Å². The first-order valence-corrected chi connectivity index (χ1v) is 6.44. The van der Waals surface area contributed by atoms with Crippen LogP contribution in [0.3, 0.4) is 0 Å². The third-order valence-electron chi connectivity index (χ3n) is 2.99. The highest BCUT2D eigenvalue weighted by atomic mass is 16.1. The van der Waals surface area contributed by atoms with Crippen LogP contribution in [0.25, 0.3) is 5.69 Å². The van der Waals surface area contributed by atoms with Crippen molar-refractivity contribution in [3.05, 3.63) is 70.4 Å².